The molecule has 8 unspecified atom stereocenters. The van der Waals surface area contributed by atoms with E-state index in [2.05, 4.69) is 154 Å². The van der Waals surface area contributed by atoms with Gasteiger partial charge in [0.05, 0.1) is 52.4 Å². The third kappa shape index (κ3) is 43.8. The van der Waals surface area contributed by atoms with Crippen molar-refractivity contribution in [2.24, 2.45) is 32.5 Å². The number of β-amino-alcohol motifs (C(OH)–C–C–N with tert-alkyl or cyclic N) is 1. The first-order valence-corrected chi connectivity index (χ1v) is 41.8. The molecule has 3 fully saturated rings. The molecule has 8 atom stereocenters. The van der Waals surface area contributed by atoms with E-state index in [1.165, 1.54) is 11.3 Å². The highest BCUT2D eigenvalue weighted by atomic mass is 16.5. The lowest BCUT2D eigenvalue weighted by molar-refractivity contribution is -0.147. The average molecular weight is 1640 g/mol. The minimum atomic E-state index is -1.71. The van der Waals surface area contributed by atoms with Crippen molar-refractivity contribution in [1.82, 2.24) is 49.0 Å². The number of likely N-dealkylation sites (tertiary alicyclic amines) is 3. The average Bonchev–Trinajstić information content (AvgIpc) is 1.06. The van der Waals surface area contributed by atoms with E-state index in [1.807, 2.05) is 126 Å². The first-order chi connectivity index (χ1) is 50.3. The smallest absolute Gasteiger partial charge is 0.228 e. The van der Waals surface area contributed by atoms with Crippen LogP contribution in [0.2, 0.25) is 0 Å². The van der Waals surface area contributed by atoms with Crippen molar-refractivity contribution in [1.29, 1.82) is 0 Å². The minimum absolute atomic E-state index is 0. The molecule has 8 N–H and O–H groups in total. The summed E-state index contributed by atoms with van der Waals surface area (Å²) in [4.78, 5) is 84.4. The molecule has 0 aliphatic carbocycles. The molecule has 0 aromatic rings. The molecule has 3 aliphatic heterocycles. The summed E-state index contributed by atoms with van der Waals surface area (Å²) in [5.41, 5.74) is -1.82. The molecule has 3 rings (SSSR count). The molecular weight excluding hydrogens is 1450 g/mol. The van der Waals surface area contributed by atoms with Crippen molar-refractivity contribution < 1.29 is 74.3 Å². The SMILES string of the molecule is C.C.CC(C)(C)C(=O)N(CCOCCO)C1CCCN(C(C)(C)C)C1.CC(C)N(CC1CC(O)CN1C(C)(C)C)C(=O)C(C)(C)C.CN(C1CCCN(C(=O)C(C)(C)C)C1)C(C)(C)C.CN(CC(C)(C)CN(CCOCCO)C(=O)C(C)(C)C)C(C)(C)C.CN(CCN(CC(O)C(O)C(O)C(O)CO)C(=O)C(C)(C)C)C(C)(C)C. The van der Waals surface area contributed by atoms with Crippen LogP contribution in [0.5, 0.6) is 0 Å². The molecule has 0 bridgehead atoms. The van der Waals surface area contributed by atoms with E-state index < -0.39 is 41.9 Å². The Morgan fingerprint density at radius 3 is 1.31 bits per heavy atom. The fourth-order valence-electron chi connectivity index (χ4n) is 13.3. The molecule has 0 aromatic carbocycles. The van der Waals surface area contributed by atoms with Gasteiger partial charge in [0.25, 0.3) is 0 Å². The predicted molar refractivity (Wildman–Crippen MR) is 470 cm³/mol. The Hall–Kier alpha value is -3.25. The second-order valence-electron chi connectivity index (χ2n) is 43.1. The Labute approximate surface area is 699 Å². The number of nitrogens with zero attached hydrogens (tertiary/aromatic N) is 10. The predicted octanol–water partition coefficient (Wildman–Crippen LogP) is 10.3. The molecule has 25 heteroatoms. The second kappa shape index (κ2) is 49.6. The third-order valence-corrected chi connectivity index (χ3v) is 21.1. The van der Waals surface area contributed by atoms with Crippen molar-refractivity contribution in [2.45, 2.75) is 365 Å². The molecule has 0 spiro atoms. The van der Waals surface area contributed by atoms with Crippen LogP contribution in [-0.2, 0) is 33.4 Å². The van der Waals surface area contributed by atoms with E-state index in [9.17, 15) is 49.5 Å². The van der Waals surface area contributed by atoms with E-state index in [-0.39, 0.29) is 138 Å². The van der Waals surface area contributed by atoms with Crippen molar-refractivity contribution >= 4 is 29.5 Å². The third-order valence-electron chi connectivity index (χ3n) is 21.1. The molecule has 0 radical (unpaired) electrons. The van der Waals surface area contributed by atoms with Gasteiger partial charge in [-0.1, -0.05) is 133 Å². The standard InChI is InChI=1S/C19H40N2O3.C18H38N2O6.C18H36N2O3.C17H34N2O2.C15H30N2O.2CH4/c1-17(2,3)16(23)21(10-12-24-13-11-22)15-19(7,8)14-20(9)18(4,5)6;1-17(2,3)16(26)20(9-8-19(7)18(4,5)6)10-12(22)14(24)15(25)13(23)11-21;1-17(2,3)16(22)20(10-12-23-13-11-21)15-8-7-9-19(14-15)18(4,5)6;1-12(2)18(15(21)16(3,4)5)10-13-9-14(20)11-19(13)17(6,7)8;1-14(2,3)13(18)17-10-8-9-12(11-17)16(7)15(4,5)6;;/h22H,10-15H2,1-9H3;12-15,21-25H,8-11H2,1-7H3;15,21H,7-14H2,1-6H3;12-14,20H,9-11H2,1-8H3;12H,8-11H2,1-7H3;2*1H4. The molecule has 682 valence electrons. The van der Waals surface area contributed by atoms with E-state index in [0.29, 0.717) is 78.3 Å². The van der Waals surface area contributed by atoms with Gasteiger partial charge in [-0.2, -0.15) is 0 Å². The zero-order valence-corrected chi connectivity index (χ0v) is 78.8. The Morgan fingerprint density at radius 2 is 0.904 bits per heavy atom. The van der Waals surface area contributed by atoms with Gasteiger partial charge < -0.3 is 79.7 Å². The van der Waals surface area contributed by atoms with Crippen LogP contribution in [-0.4, -0.2) is 354 Å². The monoisotopic (exact) mass is 1640 g/mol. The lowest BCUT2D eigenvalue weighted by atomic mass is 9.88. The lowest BCUT2D eigenvalue weighted by Gasteiger charge is -2.46. The Morgan fingerprint density at radius 1 is 0.465 bits per heavy atom. The highest BCUT2D eigenvalue weighted by molar-refractivity contribution is 5.83. The number of amides is 5. The van der Waals surface area contributed by atoms with E-state index in [4.69, 9.17) is 24.8 Å². The highest BCUT2D eigenvalue weighted by Crippen LogP contribution is 2.33. The van der Waals surface area contributed by atoms with Crippen LogP contribution in [0.15, 0.2) is 0 Å². The quantitative estimate of drug-likeness (QED) is 0.0338. The van der Waals surface area contributed by atoms with Crippen LogP contribution in [0.3, 0.4) is 0 Å². The number of hydrogen-bond acceptors (Lipinski definition) is 20. The van der Waals surface area contributed by atoms with Crippen LogP contribution >= 0.6 is 0 Å². The molecule has 3 heterocycles. The second-order valence-corrected chi connectivity index (χ2v) is 43.1. The Balaban J connectivity index is -0.000000663. The Bertz CT molecular complexity index is 2690. The van der Waals surface area contributed by atoms with Gasteiger partial charge in [-0.3, -0.25) is 43.6 Å². The lowest BCUT2D eigenvalue weighted by Crippen LogP contribution is -2.57. The van der Waals surface area contributed by atoms with E-state index >= 15 is 0 Å². The molecular formula is C89H186N10O15. The number of aliphatic hydroxyl groups is 8. The molecule has 0 aromatic heterocycles. The number of ether oxygens (including phenoxy) is 2. The van der Waals surface area contributed by atoms with Crippen LogP contribution in [0.25, 0.3) is 0 Å². The summed E-state index contributed by atoms with van der Waals surface area (Å²) < 4.78 is 10.8. The summed E-state index contributed by atoms with van der Waals surface area (Å²) in [5.74, 6) is 0.609. The van der Waals surface area contributed by atoms with Crippen LogP contribution < -0.4 is 0 Å². The number of likely N-dealkylation sites (N-methyl/N-ethyl adjacent to an activating group) is 2. The number of piperidine rings is 2. The van der Waals surface area contributed by atoms with Gasteiger partial charge in [0, 0.05) is 157 Å². The van der Waals surface area contributed by atoms with E-state index in [1.54, 1.807) is 20.8 Å². The molecule has 3 aliphatic rings. The zero-order chi connectivity index (χ0) is 88.4. The summed E-state index contributed by atoms with van der Waals surface area (Å²) in [6, 6.07) is 1.14. The largest absolute Gasteiger partial charge is 0.394 e. The summed E-state index contributed by atoms with van der Waals surface area (Å²) in [6.07, 6.45) is -1.48. The van der Waals surface area contributed by atoms with Crippen LogP contribution in [0.4, 0.5) is 0 Å². The van der Waals surface area contributed by atoms with Gasteiger partial charge in [0.15, 0.2) is 0 Å². The highest BCUT2D eigenvalue weighted by Gasteiger charge is 2.43. The molecule has 114 heavy (non-hydrogen) atoms. The summed E-state index contributed by atoms with van der Waals surface area (Å²) in [6.45, 7) is 79.7. The van der Waals surface area contributed by atoms with Crippen LogP contribution in [0, 0.1) is 32.5 Å². The van der Waals surface area contributed by atoms with E-state index in [0.717, 1.165) is 58.4 Å². The topological polar surface area (TPSA) is 298 Å². The maximum absolute atomic E-state index is 12.9. The first kappa shape index (κ1) is 117. The van der Waals surface area contributed by atoms with Crippen molar-refractivity contribution in [3.63, 3.8) is 0 Å². The van der Waals surface area contributed by atoms with Gasteiger partial charge in [0.1, 0.15) is 24.4 Å². The minimum Gasteiger partial charge on any atom is -0.394 e. The number of hydrogen-bond donors (Lipinski definition) is 8. The number of rotatable bonds is 28. The van der Waals surface area contributed by atoms with Gasteiger partial charge in [-0.05, 0) is 183 Å². The van der Waals surface area contributed by atoms with Gasteiger partial charge in [-0.15, -0.1) is 0 Å². The molecule has 3 saturated heterocycles. The molecule has 25 nitrogen and oxygen atoms in total. The van der Waals surface area contributed by atoms with Crippen molar-refractivity contribution in [3.05, 3.63) is 0 Å². The fourth-order valence-corrected chi connectivity index (χ4v) is 13.3. The number of aliphatic hydroxyl groups excluding tert-OH is 8. The van der Waals surface area contributed by atoms with Gasteiger partial charge >= 0.3 is 0 Å². The summed E-state index contributed by atoms with van der Waals surface area (Å²) in [5, 5.41) is 76.0. The zero-order valence-electron chi connectivity index (χ0n) is 78.8. The van der Waals surface area contributed by atoms with Crippen molar-refractivity contribution in [2.75, 3.05) is 152 Å². The first-order valence-electron chi connectivity index (χ1n) is 41.8. The summed E-state index contributed by atoms with van der Waals surface area (Å²) in [7, 11) is 6.24. The maximum Gasteiger partial charge on any atom is 0.228 e. The molecule has 0 saturated carbocycles. The Kier molecular flexibility index (Phi) is 50.9. The van der Waals surface area contributed by atoms with Gasteiger partial charge in [-0.25, -0.2) is 0 Å². The summed E-state index contributed by atoms with van der Waals surface area (Å²) >= 11 is 0. The number of carbonyl (C=O) groups excluding carboxylic acids is 5. The van der Waals surface area contributed by atoms with Crippen LogP contribution in [0.1, 0.15) is 282 Å². The van der Waals surface area contributed by atoms with Gasteiger partial charge in [0.2, 0.25) is 29.5 Å². The fraction of sp³-hybridized carbons (Fsp3) is 0.944. The molecule has 5 amide bonds. The maximum atomic E-state index is 12.9. The normalized spacial score (nSPS) is 19.1. The van der Waals surface area contributed by atoms with Crippen molar-refractivity contribution in [3.8, 4) is 0 Å². The number of carbonyl (C=O) groups is 5.